The predicted octanol–water partition coefficient (Wildman–Crippen LogP) is 1.17. The molecule has 3 atom stereocenters. The Balaban J connectivity index is 2.18. The lowest BCUT2D eigenvalue weighted by atomic mass is 9.97. The van der Waals surface area contributed by atoms with Gasteiger partial charge in [-0.25, -0.2) is 0 Å². The normalized spacial score (nSPS) is 31.7. The van der Waals surface area contributed by atoms with E-state index in [4.69, 9.17) is 5.11 Å². The highest BCUT2D eigenvalue weighted by atomic mass is 16.4. The standard InChI is InChI=1S/C16H24N2O4/c1-11-5-2-3-6-12(9-14(19)20)16(22)18-8-4-7-13(18)10-17-15(11)21/h2-3,11-13H,4-10H2,1H3,(H,17,21)(H,19,20)/b3-2+/t11-,12-,13-/m0/s1. The smallest absolute Gasteiger partial charge is 0.304 e. The second-order valence-corrected chi connectivity index (χ2v) is 6.21. The number of carbonyl (C=O) groups excluding carboxylic acids is 2. The second kappa shape index (κ2) is 7.42. The van der Waals surface area contributed by atoms with Gasteiger partial charge in [-0.15, -0.1) is 0 Å². The fourth-order valence-corrected chi connectivity index (χ4v) is 3.12. The first-order valence-corrected chi connectivity index (χ1v) is 7.94. The molecule has 6 nitrogen and oxygen atoms in total. The molecule has 0 aliphatic carbocycles. The highest BCUT2D eigenvalue weighted by Crippen LogP contribution is 2.23. The summed E-state index contributed by atoms with van der Waals surface area (Å²) in [5, 5.41) is 12.0. The van der Waals surface area contributed by atoms with Gasteiger partial charge in [0.15, 0.2) is 0 Å². The third-order valence-electron chi connectivity index (χ3n) is 4.47. The molecule has 0 unspecified atom stereocenters. The minimum Gasteiger partial charge on any atom is -0.481 e. The Labute approximate surface area is 130 Å². The van der Waals surface area contributed by atoms with Gasteiger partial charge >= 0.3 is 5.97 Å². The number of rotatable bonds is 2. The van der Waals surface area contributed by atoms with Crippen molar-refractivity contribution in [2.75, 3.05) is 13.1 Å². The van der Waals surface area contributed by atoms with Gasteiger partial charge in [-0.3, -0.25) is 14.4 Å². The summed E-state index contributed by atoms with van der Waals surface area (Å²) in [6, 6.07) is -0.0108. The lowest BCUT2D eigenvalue weighted by molar-refractivity contribution is -0.145. The van der Waals surface area contributed by atoms with Gasteiger partial charge in [-0.1, -0.05) is 19.1 Å². The van der Waals surface area contributed by atoms with E-state index >= 15 is 0 Å². The van der Waals surface area contributed by atoms with E-state index in [0.29, 0.717) is 25.9 Å². The monoisotopic (exact) mass is 308 g/mol. The molecule has 0 radical (unpaired) electrons. The van der Waals surface area contributed by atoms with Crippen LogP contribution in [-0.2, 0) is 14.4 Å². The lowest BCUT2D eigenvalue weighted by Crippen LogP contribution is -2.46. The van der Waals surface area contributed by atoms with Crippen molar-refractivity contribution in [3.8, 4) is 0 Å². The molecule has 0 saturated carbocycles. The number of aliphatic carboxylic acids is 1. The average Bonchev–Trinajstić information content (AvgIpc) is 2.93. The number of nitrogens with zero attached hydrogens (tertiary/aromatic N) is 1. The maximum absolute atomic E-state index is 12.6. The third-order valence-corrected chi connectivity index (χ3v) is 4.47. The predicted molar refractivity (Wildman–Crippen MR) is 81.0 cm³/mol. The number of carbonyl (C=O) groups is 3. The van der Waals surface area contributed by atoms with Gasteiger partial charge in [-0.2, -0.15) is 0 Å². The zero-order valence-corrected chi connectivity index (χ0v) is 13.0. The topological polar surface area (TPSA) is 86.7 Å². The Morgan fingerprint density at radius 3 is 2.82 bits per heavy atom. The molecule has 0 bridgehead atoms. The number of amides is 2. The molecule has 1 fully saturated rings. The van der Waals surface area contributed by atoms with Crippen LogP contribution in [-0.4, -0.2) is 46.9 Å². The van der Waals surface area contributed by atoms with E-state index in [1.807, 2.05) is 19.1 Å². The van der Waals surface area contributed by atoms with E-state index in [-0.39, 0.29) is 30.2 Å². The summed E-state index contributed by atoms with van der Waals surface area (Å²) < 4.78 is 0. The molecule has 0 spiro atoms. The molecule has 2 rings (SSSR count). The summed E-state index contributed by atoms with van der Waals surface area (Å²) in [4.78, 5) is 37.4. The van der Waals surface area contributed by atoms with Crippen molar-refractivity contribution in [1.82, 2.24) is 10.2 Å². The van der Waals surface area contributed by atoms with Gasteiger partial charge < -0.3 is 15.3 Å². The zero-order chi connectivity index (χ0) is 16.1. The zero-order valence-electron chi connectivity index (χ0n) is 13.0. The van der Waals surface area contributed by atoms with E-state index in [0.717, 1.165) is 12.8 Å². The molecule has 0 aromatic heterocycles. The Morgan fingerprint density at radius 1 is 1.36 bits per heavy atom. The minimum atomic E-state index is -0.948. The Kier molecular flexibility index (Phi) is 5.57. The number of fused-ring (bicyclic) bond motifs is 1. The van der Waals surface area contributed by atoms with Gasteiger partial charge in [0.25, 0.3) is 0 Å². The van der Waals surface area contributed by atoms with Crippen LogP contribution in [0.2, 0.25) is 0 Å². The molecule has 2 heterocycles. The van der Waals surface area contributed by atoms with Crippen LogP contribution in [0.1, 0.15) is 39.0 Å². The van der Waals surface area contributed by atoms with Crippen molar-refractivity contribution >= 4 is 17.8 Å². The van der Waals surface area contributed by atoms with Crippen molar-refractivity contribution in [2.45, 2.75) is 45.1 Å². The minimum absolute atomic E-state index is 0.00612. The van der Waals surface area contributed by atoms with E-state index in [2.05, 4.69) is 5.32 Å². The average molecular weight is 308 g/mol. The summed E-state index contributed by atoms with van der Waals surface area (Å²) in [6.45, 7) is 2.98. The van der Waals surface area contributed by atoms with E-state index < -0.39 is 11.9 Å². The lowest BCUT2D eigenvalue weighted by Gasteiger charge is -2.29. The quantitative estimate of drug-likeness (QED) is 0.750. The van der Waals surface area contributed by atoms with Crippen LogP contribution >= 0.6 is 0 Å². The van der Waals surface area contributed by atoms with Crippen LogP contribution in [0.5, 0.6) is 0 Å². The number of carboxylic acids is 1. The van der Waals surface area contributed by atoms with Crippen LogP contribution in [0.4, 0.5) is 0 Å². The first-order valence-electron chi connectivity index (χ1n) is 7.94. The molecule has 122 valence electrons. The summed E-state index contributed by atoms with van der Waals surface area (Å²) in [5.41, 5.74) is 0. The van der Waals surface area contributed by atoms with Crippen molar-refractivity contribution in [1.29, 1.82) is 0 Å². The van der Waals surface area contributed by atoms with E-state index in [9.17, 15) is 14.4 Å². The number of hydrogen-bond acceptors (Lipinski definition) is 3. The maximum Gasteiger partial charge on any atom is 0.304 e. The molecular weight excluding hydrogens is 284 g/mol. The van der Waals surface area contributed by atoms with Crippen molar-refractivity contribution in [3.63, 3.8) is 0 Å². The van der Waals surface area contributed by atoms with E-state index in [1.54, 1.807) is 4.90 Å². The summed E-state index contributed by atoms with van der Waals surface area (Å²) >= 11 is 0. The van der Waals surface area contributed by atoms with Gasteiger partial charge in [0.2, 0.25) is 11.8 Å². The first-order chi connectivity index (χ1) is 10.5. The number of nitrogens with one attached hydrogen (secondary N) is 1. The molecule has 0 aromatic carbocycles. The number of carboxylic acid groups (broad SMARTS) is 1. The van der Waals surface area contributed by atoms with Crippen LogP contribution in [0.3, 0.4) is 0 Å². The molecule has 1 saturated heterocycles. The fourth-order valence-electron chi connectivity index (χ4n) is 3.12. The Hall–Kier alpha value is -1.85. The van der Waals surface area contributed by atoms with Gasteiger partial charge in [0, 0.05) is 25.0 Å². The first kappa shape index (κ1) is 16.5. The summed E-state index contributed by atoms with van der Waals surface area (Å²) in [5.74, 6) is -1.67. The van der Waals surface area contributed by atoms with Crippen LogP contribution in [0, 0.1) is 11.8 Å². The molecule has 22 heavy (non-hydrogen) atoms. The van der Waals surface area contributed by atoms with Gasteiger partial charge in [0.1, 0.15) is 0 Å². The molecule has 2 aliphatic heterocycles. The van der Waals surface area contributed by atoms with E-state index in [1.165, 1.54) is 0 Å². The second-order valence-electron chi connectivity index (χ2n) is 6.21. The highest BCUT2D eigenvalue weighted by molar-refractivity contribution is 5.84. The van der Waals surface area contributed by atoms with Crippen LogP contribution in [0.25, 0.3) is 0 Å². The molecule has 2 N–H and O–H groups in total. The van der Waals surface area contributed by atoms with Crippen LogP contribution < -0.4 is 5.32 Å². The Morgan fingerprint density at radius 2 is 2.09 bits per heavy atom. The fraction of sp³-hybridized carbons (Fsp3) is 0.688. The Bertz CT molecular complexity index is 475. The van der Waals surface area contributed by atoms with Crippen molar-refractivity contribution < 1.29 is 19.5 Å². The molecule has 6 heteroatoms. The van der Waals surface area contributed by atoms with Crippen molar-refractivity contribution in [2.24, 2.45) is 11.8 Å². The SMILES string of the molecule is C[C@H]1C/C=C/C[C@@H](CC(=O)O)C(=O)N2CCC[C@H]2CNC1=O. The number of allylic oxidation sites excluding steroid dienone is 2. The molecule has 0 aromatic rings. The van der Waals surface area contributed by atoms with Crippen LogP contribution in [0.15, 0.2) is 12.2 Å². The highest BCUT2D eigenvalue weighted by Gasteiger charge is 2.34. The van der Waals surface area contributed by atoms with Gasteiger partial charge in [0.05, 0.1) is 12.3 Å². The molecule has 2 aliphatic rings. The number of hydrogen-bond donors (Lipinski definition) is 2. The molecular formula is C16H24N2O4. The summed E-state index contributed by atoms with van der Waals surface area (Å²) in [7, 11) is 0. The maximum atomic E-state index is 12.6. The van der Waals surface area contributed by atoms with Crippen molar-refractivity contribution in [3.05, 3.63) is 12.2 Å². The third kappa shape index (κ3) is 4.08. The summed E-state index contributed by atoms with van der Waals surface area (Å²) in [6.07, 6.45) is 6.34. The van der Waals surface area contributed by atoms with Gasteiger partial charge in [-0.05, 0) is 25.7 Å². The molecule has 2 amide bonds. The largest absolute Gasteiger partial charge is 0.481 e.